The Kier molecular flexibility index (Phi) is 4.91. The molecule has 0 aliphatic carbocycles. The fourth-order valence-electron chi connectivity index (χ4n) is 2.48. The van der Waals surface area contributed by atoms with Crippen LogP contribution < -0.4 is 10.9 Å². The lowest BCUT2D eigenvalue weighted by molar-refractivity contribution is -0.124. The minimum absolute atomic E-state index is 0.0574. The van der Waals surface area contributed by atoms with Crippen LogP contribution >= 0.6 is 27.7 Å². The number of hydrogen-bond acceptors (Lipinski definition) is 5. The third kappa shape index (κ3) is 3.18. The van der Waals surface area contributed by atoms with Crippen molar-refractivity contribution in [1.82, 2.24) is 19.8 Å². The van der Waals surface area contributed by atoms with E-state index in [1.165, 1.54) is 21.2 Å². The standard InChI is InChI=1S/C15H15BrN4O3S/c1-2-19-13(22)10-7-9(16)3-4-11(10)18-15(19)24-8-12(21)20-6-5-17-14(20)23/h3-4,7H,2,5-6,8H2,1H3,(H,17,23). The monoisotopic (exact) mass is 410 g/mol. The van der Waals surface area contributed by atoms with E-state index in [0.29, 0.717) is 35.7 Å². The molecule has 24 heavy (non-hydrogen) atoms. The molecule has 0 spiro atoms. The van der Waals surface area contributed by atoms with Crippen LogP contribution in [0.2, 0.25) is 0 Å². The Balaban J connectivity index is 1.89. The van der Waals surface area contributed by atoms with Crippen molar-refractivity contribution >= 4 is 50.5 Å². The summed E-state index contributed by atoms with van der Waals surface area (Å²) in [7, 11) is 0. The zero-order chi connectivity index (χ0) is 17.3. The molecule has 3 rings (SSSR count). The van der Waals surface area contributed by atoms with Crippen LogP contribution in [0.4, 0.5) is 4.79 Å². The van der Waals surface area contributed by atoms with Crippen LogP contribution in [0.25, 0.3) is 10.9 Å². The number of rotatable bonds is 4. The quantitative estimate of drug-likeness (QED) is 0.613. The highest BCUT2D eigenvalue weighted by molar-refractivity contribution is 9.10. The molecule has 2 heterocycles. The van der Waals surface area contributed by atoms with Crippen molar-refractivity contribution in [3.05, 3.63) is 33.0 Å². The lowest BCUT2D eigenvalue weighted by atomic mass is 10.2. The predicted molar refractivity (Wildman–Crippen MR) is 95.2 cm³/mol. The van der Waals surface area contributed by atoms with E-state index in [1.54, 1.807) is 12.1 Å². The summed E-state index contributed by atoms with van der Waals surface area (Å²) in [6, 6.07) is 4.95. The van der Waals surface area contributed by atoms with Gasteiger partial charge in [-0.3, -0.25) is 19.1 Å². The van der Waals surface area contributed by atoms with Crippen LogP contribution in [-0.2, 0) is 11.3 Å². The summed E-state index contributed by atoms with van der Waals surface area (Å²) in [5.41, 5.74) is 0.444. The minimum atomic E-state index is -0.371. The molecule has 2 aromatic rings. The van der Waals surface area contributed by atoms with E-state index in [2.05, 4.69) is 26.2 Å². The summed E-state index contributed by atoms with van der Waals surface area (Å²) in [4.78, 5) is 42.0. The minimum Gasteiger partial charge on any atom is -0.336 e. The van der Waals surface area contributed by atoms with Crippen LogP contribution in [0.5, 0.6) is 0 Å². The molecule has 3 amide bonds. The maximum Gasteiger partial charge on any atom is 0.324 e. The third-order valence-electron chi connectivity index (χ3n) is 3.68. The van der Waals surface area contributed by atoms with Gasteiger partial charge in [-0.15, -0.1) is 0 Å². The highest BCUT2D eigenvalue weighted by Crippen LogP contribution is 2.21. The van der Waals surface area contributed by atoms with Crippen molar-refractivity contribution in [2.75, 3.05) is 18.8 Å². The number of amides is 3. The summed E-state index contributed by atoms with van der Waals surface area (Å²) in [6.45, 7) is 3.15. The van der Waals surface area contributed by atoms with Gasteiger partial charge in [0, 0.05) is 24.1 Å². The molecule has 0 bridgehead atoms. The van der Waals surface area contributed by atoms with Crippen LogP contribution in [-0.4, -0.2) is 45.2 Å². The first-order chi connectivity index (χ1) is 11.5. The predicted octanol–water partition coefficient (Wildman–Crippen LogP) is 1.82. The molecule has 9 heteroatoms. The molecule has 0 unspecified atom stereocenters. The van der Waals surface area contributed by atoms with Gasteiger partial charge < -0.3 is 5.32 Å². The largest absolute Gasteiger partial charge is 0.336 e. The molecule has 1 aliphatic heterocycles. The topological polar surface area (TPSA) is 84.3 Å². The molecule has 0 saturated carbocycles. The van der Waals surface area contributed by atoms with Gasteiger partial charge in [0.15, 0.2) is 5.16 Å². The van der Waals surface area contributed by atoms with E-state index in [-0.39, 0.29) is 23.3 Å². The Bertz CT molecular complexity index is 883. The average Bonchev–Trinajstić information content (AvgIpc) is 2.99. The van der Waals surface area contributed by atoms with Gasteiger partial charge in [-0.1, -0.05) is 27.7 Å². The Hall–Kier alpha value is -1.87. The van der Waals surface area contributed by atoms with Crippen molar-refractivity contribution in [3.8, 4) is 0 Å². The number of carbonyl (C=O) groups excluding carboxylic acids is 2. The maximum absolute atomic E-state index is 12.6. The van der Waals surface area contributed by atoms with Crippen LogP contribution in [0.1, 0.15) is 6.92 Å². The summed E-state index contributed by atoms with van der Waals surface area (Å²) < 4.78 is 2.35. The number of fused-ring (bicyclic) bond motifs is 1. The number of benzene rings is 1. The van der Waals surface area contributed by atoms with Crippen molar-refractivity contribution in [1.29, 1.82) is 0 Å². The lowest BCUT2D eigenvalue weighted by Crippen LogP contribution is -2.35. The molecule has 1 aromatic carbocycles. The molecule has 0 radical (unpaired) electrons. The number of hydrogen-bond donors (Lipinski definition) is 1. The fraction of sp³-hybridized carbons (Fsp3) is 0.333. The second kappa shape index (κ2) is 6.94. The number of halogens is 1. The first kappa shape index (κ1) is 17.0. The van der Waals surface area contributed by atoms with Crippen molar-refractivity contribution < 1.29 is 9.59 Å². The second-order valence-electron chi connectivity index (χ2n) is 5.17. The van der Waals surface area contributed by atoms with E-state index in [9.17, 15) is 14.4 Å². The van der Waals surface area contributed by atoms with Gasteiger partial charge in [0.1, 0.15) is 0 Å². The van der Waals surface area contributed by atoms with Crippen LogP contribution in [0.15, 0.2) is 32.6 Å². The number of nitrogens with zero attached hydrogens (tertiary/aromatic N) is 3. The molecule has 126 valence electrons. The van der Waals surface area contributed by atoms with E-state index < -0.39 is 0 Å². The van der Waals surface area contributed by atoms with Crippen LogP contribution in [0.3, 0.4) is 0 Å². The van der Waals surface area contributed by atoms with Gasteiger partial charge >= 0.3 is 6.03 Å². The molecule has 0 atom stereocenters. The number of imide groups is 1. The fourth-order valence-corrected chi connectivity index (χ4v) is 3.78. The average molecular weight is 411 g/mol. The third-order valence-corrected chi connectivity index (χ3v) is 5.13. The normalized spacial score (nSPS) is 14.2. The summed E-state index contributed by atoms with van der Waals surface area (Å²) in [5.74, 6) is -0.232. The van der Waals surface area contributed by atoms with Crippen LogP contribution in [0, 0.1) is 0 Å². The van der Waals surface area contributed by atoms with Gasteiger partial charge in [-0.25, -0.2) is 9.78 Å². The van der Waals surface area contributed by atoms with E-state index >= 15 is 0 Å². The van der Waals surface area contributed by atoms with Gasteiger partial charge in [0.05, 0.1) is 16.7 Å². The van der Waals surface area contributed by atoms with E-state index in [4.69, 9.17) is 0 Å². The highest BCUT2D eigenvalue weighted by atomic mass is 79.9. The Morgan fingerprint density at radius 3 is 2.88 bits per heavy atom. The van der Waals surface area contributed by atoms with E-state index in [1.807, 2.05) is 13.0 Å². The molecule has 1 N–H and O–H groups in total. The molecule has 1 aliphatic rings. The van der Waals surface area contributed by atoms with Crippen molar-refractivity contribution in [2.24, 2.45) is 0 Å². The summed E-state index contributed by atoms with van der Waals surface area (Å²) in [5, 5.41) is 3.60. The summed E-state index contributed by atoms with van der Waals surface area (Å²) in [6.07, 6.45) is 0. The first-order valence-corrected chi connectivity index (χ1v) is 9.20. The van der Waals surface area contributed by atoms with Crippen molar-refractivity contribution in [3.63, 3.8) is 0 Å². The smallest absolute Gasteiger partial charge is 0.324 e. The molecule has 7 nitrogen and oxygen atoms in total. The van der Waals surface area contributed by atoms with Gasteiger partial charge in [0.2, 0.25) is 5.91 Å². The van der Waals surface area contributed by atoms with Gasteiger partial charge in [-0.05, 0) is 25.1 Å². The Labute approximate surface area is 150 Å². The number of thioether (sulfide) groups is 1. The molecular weight excluding hydrogens is 396 g/mol. The number of nitrogens with one attached hydrogen (secondary N) is 1. The SMILES string of the molecule is CCn1c(SCC(=O)N2CCNC2=O)nc2ccc(Br)cc2c1=O. The molecule has 1 fully saturated rings. The maximum atomic E-state index is 12.6. The molecule has 1 saturated heterocycles. The Morgan fingerprint density at radius 2 is 2.21 bits per heavy atom. The van der Waals surface area contributed by atoms with Crippen molar-refractivity contribution in [2.45, 2.75) is 18.6 Å². The Morgan fingerprint density at radius 1 is 1.42 bits per heavy atom. The summed E-state index contributed by atoms with van der Waals surface area (Å²) >= 11 is 4.53. The first-order valence-electron chi connectivity index (χ1n) is 7.42. The zero-order valence-corrected chi connectivity index (χ0v) is 15.3. The van der Waals surface area contributed by atoms with Gasteiger partial charge in [-0.2, -0.15) is 0 Å². The highest BCUT2D eigenvalue weighted by Gasteiger charge is 2.26. The second-order valence-corrected chi connectivity index (χ2v) is 7.03. The zero-order valence-electron chi connectivity index (χ0n) is 12.9. The molecule has 1 aromatic heterocycles. The van der Waals surface area contributed by atoms with Gasteiger partial charge in [0.25, 0.3) is 5.56 Å². The number of urea groups is 1. The number of carbonyl (C=O) groups is 2. The lowest BCUT2D eigenvalue weighted by Gasteiger charge is -2.14. The van der Waals surface area contributed by atoms with E-state index in [0.717, 1.165) is 4.47 Å². The number of aromatic nitrogens is 2. The molecular formula is C15H15BrN4O3S.